The number of hydrogen-bond donors (Lipinski definition) is 1. The fourth-order valence-corrected chi connectivity index (χ4v) is 3.73. The van der Waals surface area contributed by atoms with Crippen LogP contribution in [0.1, 0.15) is 34.7 Å². The molecule has 0 radical (unpaired) electrons. The Morgan fingerprint density at radius 3 is 2.77 bits per heavy atom. The molecule has 8 nitrogen and oxygen atoms in total. The summed E-state index contributed by atoms with van der Waals surface area (Å²) in [6.45, 7) is 1.80. The first-order valence-corrected chi connectivity index (χ1v) is 11.1. The Labute approximate surface area is 182 Å². The van der Waals surface area contributed by atoms with E-state index in [1.165, 1.54) is 0 Å². The second-order valence-corrected chi connectivity index (χ2v) is 8.09. The molecule has 1 unspecified atom stereocenters. The van der Waals surface area contributed by atoms with Gasteiger partial charge in [-0.2, -0.15) is 11.8 Å². The van der Waals surface area contributed by atoms with Crippen LogP contribution < -0.4 is 5.32 Å². The number of aryl methyl sites for hydroxylation is 1. The first-order valence-electron chi connectivity index (χ1n) is 9.36. The Kier molecular flexibility index (Phi) is 6.01. The maximum absolute atomic E-state index is 13.0. The van der Waals surface area contributed by atoms with E-state index in [4.69, 9.17) is 11.6 Å². The molecule has 4 aromatic rings. The molecule has 154 valence electrons. The number of nitrogens with zero attached hydrogens (tertiary/aromatic N) is 6. The molecule has 0 saturated carbocycles. The van der Waals surface area contributed by atoms with Crippen LogP contribution in [0.5, 0.6) is 0 Å². The monoisotopic (exact) mass is 441 g/mol. The van der Waals surface area contributed by atoms with Crippen LogP contribution >= 0.6 is 23.4 Å². The van der Waals surface area contributed by atoms with E-state index >= 15 is 0 Å². The van der Waals surface area contributed by atoms with Crippen LogP contribution in [0, 0.1) is 6.92 Å². The zero-order chi connectivity index (χ0) is 21.1. The molecular formula is C20H20ClN7OS. The van der Waals surface area contributed by atoms with Gasteiger partial charge in [-0.1, -0.05) is 17.7 Å². The molecule has 10 heteroatoms. The van der Waals surface area contributed by atoms with Gasteiger partial charge in [-0.25, -0.2) is 9.67 Å². The van der Waals surface area contributed by atoms with Gasteiger partial charge in [0, 0.05) is 11.2 Å². The van der Waals surface area contributed by atoms with Gasteiger partial charge < -0.3 is 5.32 Å². The SMILES string of the molecule is CSCCC(NC(=O)c1nc(C)n(-c2ccc(Cl)cc2)n1)c1nnc2ccccn12. The zero-order valence-corrected chi connectivity index (χ0v) is 18.1. The summed E-state index contributed by atoms with van der Waals surface area (Å²) in [5.74, 6) is 1.89. The van der Waals surface area contributed by atoms with Gasteiger partial charge in [-0.15, -0.1) is 15.3 Å². The molecule has 0 bridgehead atoms. The van der Waals surface area contributed by atoms with Crippen LogP contribution in [-0.2, 0) is 0 Å². The van der Waals surface area contributed by atoms with Crippen LogP contribution in [0.4, 0.5) is 0 Å². The highest BCUT2D eigenvalue weighted by Crippen LogP contribution is 2.19. The van der Waals surface area contributed by atoms with Crippen molar-refractivity contribution >= 4 is 34.9 Å². The number of hydrogen-bond acceptors (Lipinski definition) is 6. The van der Waals surface area contributed by atoms with Crippen molar-refractivity contribution in [3.8, 4) is 5.69 Å². The predicted octanol–water partition coefficient (Wildman–Crippen LogP) is 3.50. The summed E-state index contributed by atoms with van der Waals surface area (Å²) in [5, 5.41) is 16.6. The molecule has 3 aromatic heterocycles. The smallest absolute Gasteiger partial charge is 0.291 e. The maximum atomic E-state index is 13.0. The number of rotatable bonds is 7. The summed E-state index contributed by atoms with van der Waals surface area (Å²) in [5.41, 5.74) is 1.52. The van der Waals surface area contributed by atoms with E-state index in [1.807, 2.05) is 47.2 Å². The van der Waals surface area contributed by atoms with Crippen LogP contribution in [0.15, 0.2) is 48.7 Å². The number of benzene rings is 1. The fourth-order valence-electron chi connectivity index (χ4n) is 3.13. The standard InChI is InChI=1S/C20H20ClN7OS/c1-13-22-18(26-28(13)15-8-6-14(21)7-9-15)20(29)23-16(10-12-30-2)19-25-24-17-5-3-4-11-27(17)19/h3-9,11,16H,10,12H2,1-2H3,(H,23,29). The summed E-state index contributed by atoms with van der Waals surface area (Å²) in [7, 11) is 0. The normalized spacial score (nSPS) is 12.2. The van der Waals surface area contributed by atoms with Crippen LogP contribution in [0.3, 0.4) is 0 Å². The highest BCUT2D eigenvalue weighted by molar-refractivity contribution is 7.98. The quantitative estimate of drug-likeness (QED) is 0.472. The minimum Gasteiger partial charge on any atom is -0.339 e. The Morgan fingerprint density at radius 1 is 1.20 bits per heavy atom. The van der Waals surface area contributed by atoms with Crippen molar-refractivity contribution in [1.82, 2.24) is 34.7 Å². The van der Waals surface area contributed by atoms with Crippen LogP contribution in [0.2, 0.25) is 5.02 Å². The first kappa shape index (κ1) is 20.4. The summed E-state index contributed by atoms with van der Waals surface area (Å²) in [4.78, 5) is 17.3. The van der Waals surface area contributed by atoms with Crippen molar-refractivity contribution in [3.63, 3.8) is 0 Å². The lowest BCUT2D eigenvalue weighted by Gasteiger charge is -2.16. The fraction of sp³-hybridized carbons (Fsp3) is 0.250. The van der Waals surface area contributed by atoms with Crippen molar-refractivity contribution in [2.24, 2.45) is 0 Å². The highest BCUT2D eigenvalue weighted by atomic mass is 35.5. The largest absolute Gasteiger partial charge is 0.339 e. The van der Waals surface area contributed by atoms with E-state index in [9.17, 15) is 4.79 Å². The first-order chi connectivity index (χ1) is 14.6. The van der Waals surface area contributed by atoms with Crippen molar-refractivity contribution in [1.29, 1.82) is 0 Å². The molecular weight excluding hydrogens is 422 g/mol. The molecule has 1 amide bonds. The third-order valence-corrected chi connectivity index (χ3v) is 5.51. The van der Waals surface area contributed by atoms with E-state index in [0.29, 0.717) is 23.1 Å². The molecule has 0 aliphatic rings. The number of carbonyl (C=O) groups excluding carboxylic acids is 1. The van der Waals surface area contributed by atoms with Gasteiger partial charge >= 0.3 is 0 Å². The Hall–Kier alpha value is -2.91. The zero-order valence-electron chi connectivity index (χ0n) is 16.5. The molecule has 0 aliphatic carbocycles. The van der Waals surface area contributed by atoms with Crippen molar-refractivity contribution in [3.05, 3.63) is 71.2 Å². The third-order valence-electron chi connectivity index (χ3n) is 4.61. The van der Waals surface area contributed by atoms with E-state index < -0.39 is 0 Å². The van der Waals surface area contributed by atoms with Gasteiger partial charge in [-0.3, -0.25) is 9.20 Å². The molecule has 0 saturated heterocycles. The van der Waals surface area contributed by atoms with Gasteiger partial charge in [-0.05, 0) is 61.8 Å². The van der Waals surface area contributed by atoms with Crippen molar-refractivity contribution < 1.29 is 4.79 Å². The highest BCUT2D eigenvalue weighted by Gasteiger charge is 2.23. The summed E-state index contributed by atoms with van der Waals surface area (Å²) >= 11 is 7.67. The van der Waals surface area contributed by atoms with Gasteiger partial charge in [0.2, 0.25) is 5.82 Å². The van der Waals surface area contributed by atoms with E-state index in [2.05, 4.69) is 25.6 Å². The van der Waals surface area contributed by atoms with E-state index in [1.54, 1.807) is 35.5 Å². The molecule has 4 rings (SSSR count). The van der Waals surface area contributed by atoms with Crippen molar-refractivity contribution in [2.75, 3.05) is 12.0 Å². The summed E-state index contributed by atoms with van der Waals surface area (Å²) in [6.07, 6.45) is 4.62. The molecule has 30 heavy (non-hydrogen) atoms. The lowest BCUT2D eigenvalue weighted by atomic mass is 10.2. The lowest BCUT2D eigenvalue weighted by molar-refractivity contribution is 0.0923. The number of fused-ring (bicyclic) bond motifs is 1. The van der Waals surface area contributed by atoms with Gasteiger partial charge in [0.15, 0.2) is 11.5 Å². The Morgan fingerprint density at radius 2 is 2.00 bits per heavy atom. The van der Waals surface area contributed by atoms with Crippen molar-refractivity contribution in [2.45, 2.75) is 19.4 Å². The topological polar surface area (TPSA) is 90.0 Å². The van der Waals surface area contributed by atoms with Gasteiger partial charge in [0.05, 0.1) is 11.7 Å². The van der Waals surface area contributed by atoms with E-state index in [-0.39, 0.29) is 17.8 Å². The number of pyridine rings is 1. The van der Waals surface area contributed by atoms with Gasteiger partial charge in [0.1, 0.15) is 5.82 Å². The molecule has 1 N–H and O–H groups in total. The lowest BCUT2D eigenvalue weighted by Crippen LogP contribution is -2.31. The number of nitrogens with one attached hydrogen (secondary N) is 1. The second-order valence-electron chi connectivity index (χ2n) is 6.67. The summed E-state index contributed by atoms with van der Waals surface area (Å²) < 4.78 is 3.50. The third kappa shape index (κ3) is 4.17. The van der Waals surface area contributed by atoms with Crippen LogP contribution in [0.25, 0.3) is 11.3 Å². The number of aromatic nitrogens is 6. The number of amides is 1. The maximum Gasteiger partial charge on any atom is 0.291 e. The predicted molar refractivity (Wildman–Crippen MR) is 117 cm³/mol. The summed E-state index contributed by atoms with van der Waals surface area (Å²) in [6, 6.07) is 12.6. The minimum absolute atomic E-state index is 0.102. The number of halogens is 1. The average molecular weight is 442 g/mol. The Balaban J connectivity index is 1.60. The molecule has 0 fully saturated rings. The number of thioether (sulfide) groups is 1. The Bertz CT molecular complexity index is 1170. The molecule has 3 heterocycles. The van der Waals surface area contributed by atoms with Gasteiger partial charge in [0.25, 0.3) is 5.91 Å². The van der Waals surface area contributed by atoms with E-state index in [0.717, 1.165) is 17.1 Å². The molecule has 1 atom stereocenters. The molecule has 0 aliphatic heterocycles. The molecule has 0 spiro atoms. The number of carbonyl (C=O) groups is 1. The average Bonchev–Trinajstić information content (AvgIpc) is 3.35. The second kappa shape index (κ2) is 8.85. The van der Waals surface area contributed by atoms with Crippen LogP contribution in [-0.4, -0.2) is 47.3 Å². The minimum atomic E-state index is -0.357. The molecule has 1 aromatic carbocycles.